The first-order valence-corrected chi connectivity index (χ1v) is 9.33. The molecule has 0 spiro atoms. The Balaban J connectivity index is 1.54. The Morgan fingerprint density at radius 1 is 0.474 bits per heavy atom. The molecule has 0 saturated heterocycles. The molecule has 0 aromatic heterocycles. The Labute approximate surface area is 120 Å². The van der Waals surface area contributed by atoms with Crippen LogP contribution in [0.25, 0.3) is 0 Å². The van der Waals surface area contributed by atoms with Gasteiger partial charge in [-0.2, -0.15) is 0 Å². The normalized spacial score (nSPS) is 42.2. The Morgan fingerprint density at radius 2 is 1.00 bits per heavy atom. The third kappa shape index (κ3) is 3.56. The summed E-state index contributed by atoms with van der Waals surface area (Å²) < 4.78 is 0. The lowest BCUT2D eigenvalue weighted by Gasteiger charge is -2.41. The highest BCUT2D eigenvalue weighted by Gasteiger charge is 2.34. The third-order valence-corrected chi connectivity index (χ3v) is 6.72. The summed E-state index contributed by atoms with van der Waals surface area (Å²) >= 11 is 0. The van der Waals surface area contributed by atoms with Crippen molar-refractivity contribution < 1.29 is 0 Å². The predicted molar refractivity (Wildman–Crippen MR) is 83.1 cm³/mol. The summed E-state index contributed by atoms with van der Waals surface area (Å²) in [6, 6.07) is 0. The number of rotatable bonds is 2. The molecule has 110 valence electrons. The van der Waals surface area contributed by atoms with Gasteiger partial charge in [-0.25, -0.2) is 0 Å². The van der Waals surface area contributed by atoms with E-state index in [1.807, 2.05) is 0 Å². The molecule has 0 radical (unpaired) electrons. The quantitative estimate of drug-likeness (QED) is 0.556. The molecule has 3 aliphatic rings. The highest BCUT2D eigenvalue weighted by molar-refractivity contribution is 4.85. The molecule has 3 rings (SSSR count). The van der Waals surface area contributed by atoms with Crippen LogP contribution >= 0.6 is 0 Å². The van der Waals surface area contributed by atoms with Gasteiger partial charge in [0.05, 0.1) is 0 Å². The smallest absolute Gasteiger partial charge is 0.0383 e. The van der Waals surface area contributed by atoms with Gasteiger partial charge in [-0.1, -0.05) is 77.6 Å². The topological polar surface area (TPSA) is 0 Å². The summed E-state index contributed by atoms with van der Waals surface area (Å²) in [5, 5.41) is 0. The summed E-state index contributed by atoms with van der Waals surface area (Å²) in [4.78, 5) is 0. The van der Waals surface area contributed by atoms with Gasteiger partial charge in [0.2, 0.25) is 0 Å². The van der Waals surface area contributed by atoms with E-state index in [0.29, 0.717) is 0 Å². The average molecular weight is 262 g/mol. The van der Waals surface area contributed by atoms with E-state index in [4.69, 9.17) is 0 Å². The molecule has 4 unspecified atom stereocenters. The van der Waals surface area contributed by atoms with Gasteiger partial charge < -0.3 is 0 Å². The first-order chi connectivity index (χ1) is 9.33. The second-order valence-electron chi connectivity index (χ2n) is 8.12. The van der Waals surface area contributed by atoms with E-state index in [2.05, 4.69) is 6.92 Å². The molecule has 0 heterocycles. The van der Waals surface area contributed by atoms with Crippen molar-refractivity contribution in [1.82, 2.24) is 0 Å². The molecule has 3 fully saturated rings. The molecular weight excluding hydrogens is 228 g/mol. The van der Waals surface area contributed by atoms with Crippen molar-refractivity contribution >= 4 is 0 Å². The summed E-state index contributed by atoms with van der Waals surface area (Å²) in [7, 11) is 0. The zero-order valence-corrected chi connectivity index (χ0v) is 13.1. The van der Waals surface area contributed by atoms with Gasteiger partial charge in [0.25, 0.3) is 0 Å². The maximum absolute atomic E-state index is 2.49. The van der Waals surface area contributed by atoms with Gasteiger partial charge in [-0.3, -0.25) is 0 Å². The van der Waals surface area contributed by atoms with Crippen molar-refractivity contribution in [3.8, 4) is 0 Å². The Morgan fingerprint density at radius 3 is 1.68 bits per heavy atom. The maximum atomic E-state index is 2.49. The van der Waals surface area contributed by atoms with E-state index >= 15 is 0 Å². The molecule has 4 atom stereocenters. The maximum Gasteiger partial charge on any atom is -0.0383 e. The molecule has 19 heavy (non-hydrogen) atoms. The lowest BCUT2D eigenvalue weighted by Crippen LogP contribution is -2.30. The zero-order chi connectivity index (χ0) is 13.1. The van der Waals surface area contributed by atoms with Crippen LogP contribution in [0, 0.1) is 29.6 Å². The molecule has 0 amide bonds. The van der Waals surface area contributed by atoms with Crippen molar-refractivity contribution in [2.24, 2.45) is 29.6 Å². The SMILES string of the molecule is CC1CCCC(C2CCCC(C3CCCCC3)C2)C1. The van der Waals surface area contributed by atoms with Crippen molar-refractivity contribution in [2.75, 3.05) is 0 Å². The second-order valence-corrected chi connectivity index (χ2v) is 8.12. The molecule has 0 heteroatoms. The van der Waals surface area contributed by atoms with Crippen LogP contribution in [0.4, 0.5) is 0 Å². The largest absolute Gasteiger partial charge is 0.0625 e. The molecule has 0 nitrogen and oxygen atoms in total. The zero-order valence-electron chi connectivity index (χ0n) is 13.1. The van der Waals surface area contributed by atoms with Crippen molar-refractivity contribution in [3.05, 3.63) is 0 Å². The summed E-state index contributed by atoms with van der Waals surface area (Å²) in [6.45, 7) is 2.49. The van der Waals surface area contributed by atoms with Crippen LogP contribution in [0.3, 0.4) is 0 Å². The van der Waals surface area contributed by atoms with Crippen LogP contribution in [-0.4, -0.2) is 0 Å². The van der Waals surface area contributed by atoms with Crippen LogP contribution in [0.2, 0.25) is 0 Å². The van der Waals surface area contributed by atoms with Crippen molar-refractivity contribution in [1.29, 1.82) is 0 Å². The molecule has 0 aliphatic heterocycles. The highest BCUT2D eigenvalue weighted by atomic mass is 14.4. The summed E-state index contributed by atoms with van der Waals surface area (Å²) in [5.74, 6) is 5.49. The first kappa shape index (κ1) is 14.0. The molecule has 3 saturated carbocycles. The van der Waals surface area contributed by atoms with Gasteiger partial charge in [-0.15, -0.1) is 0 Å². The van der Waals surface area contributed by atoms with Crippen molar-refractivity contribution in [3.63, 3.8) is 0 Å². The minimum atomic E-state index is 1.02. The highest BCUT2D eigenvalue weighted by Crippen LogP contribution is 2.45. The van der Waals surface area contributed by atoms with E-state index in [9.17, 15) is 0 Å². The standard InChI is InChI=1S/C19H34/c1-15-7-5-10-17(13-15)19-12-6-11-18(14-19)16-8-3-2-4-9-16/h15-19H,2-14H2,1H3. The lowest BCUT2D eigenvalue weighted by atomic mass is 9.64. The molecule has 0 aromatic carbocycles. The molecule has 0 N–H and O–H groups in total. The van der Waals surface area contributed by atoms with E-state index in [0.717, 1.165) is 29.6 Å². The van der Waals surface area contributed by atoms with Gasteiger partial charge in [-0.05, 0) is 42.4 Å². The van der Waals surface area contributed by atoms with Crippen LogP contribution in [0.5, 0.6) is 0 Å². The Bertz CT molecular complexity index is 263. The van der Waals surface area contributed by atoms with Gasteiger partial charge in [0.15, 0.2) is 0 Å². The monoisotopic (exact) mass is 262 g/mol. The third-order valence-electron chi connectivity index (χ3n) is 6.72. The lowest BCUT2D eigenvalue weighted by molar-refractivity contribution is 0.0998. The summed E-state index contributed by atoms with van der Waals surface area (Å²) in [6.07, 6.45) is 20.2. The number of hydrogen-bond donors (Lipinski definition) is 0. The second kappa shape index (κ2) is 6.64. The fraction of sp³-hybridized carbons (Fsp3) is 1.00. The molecule has 3 aliphatic carbocycles. The van der Waals surface area contributed by atoms with Gasteiger partial charge >= 0.3 is 0 Å². The summed E-state index contributed by atoms with van der Waals surface area (Å²) in [5.41, 5.74) is 0. The van der Waals surface area contributed by atoms with E-state index in [1.165, 1.54) is 32.1 Å². The van der Waals surface area contributed by atoms with E-state index < -0.39 is 0 Å². The van der Waals surface area contributed by atoms with E-state index in [1.54, 1.807) is 51.4 Å². The van der Waals surface area contributed by atoms with Crippen LogP contribution in [0.1, 0.15) is 90.4 Å². The van der Waals surface area contributed by atoms with Gasteiger partial charge in [0.1, 0.15) is 0 Å². The Hall–Kier alpha value is 0. The van der Waals surface area contributed by atoms with Gasteiger partial charge in [0, 0.05) is 0 Å². The van der Waals surface area contributed by atoms with Crippen LogP contribution < -0.4 is 0 Å². The minimum absolute atomic E-state index is 1.02. The van der Waals surface area contributed by atoms with Crippen molar-refractivity contribution in [2.45, 2.75) is 90.4 Å². The fourth-order valence-corrected chi connectivity index (χ4v) is 5.64. The molecule has 0 bridgehead atoms. The predicted octanol–water partition coefficient (Wildman–Crippen LogP) is 6.20. The average Bonchev–Trinajstić information content (AvgIpc) is 2.48. The fourth-order valence-electron chi connectivity index (χ4n) is 5.64. The number of hydrogen-bond acceptors (Lipinski definition) is 0. The first-order valence-electron chi connectivity index (χ1n) is 9.33. The minimum Gasteiger partial charge on any atom is -0.0625 e. The molecular formula is C19H34. The molecule has 0 aromatic rings. The van der Waals surface area contributed by atoms with Crippen LogP contribution in [0.15, 0.2) is 0 Å². The Kier molecular flexibility index (Phi) is 4.87. The van der Waals surface area contributed by atoms with Crippen LogP contribution in [-0.2, 0) is 0 Å². The van der Waals surface area contributed by atoms with E-state index in [-0.39, 0.29) is 0 Å².